The minimum absolute atomic E-state index is 0.0347. The van der Waals surface area contributed by atoms with Crippen LogP contribution < -0.4 is 5.32 Å². The van der Waals surface area contributed by atoms with Gasteiger partial charge in [-0.2, -0.15) is 0 Å². The summed E-state index contributed by atoms with van der Waals surface area (Å²) in [6.45, 7) is 6.07. The fraction of sp³-hybridized carbons (Fsp3) is 0.316. The van der Waals surface area contributed by atoms with E-state index in [1.54, 1.807) is 6.07 Å². The summed E-state index contributed by atoms with van der Waals surface area (Å²) in [5.74, 6) is -0.247. The maximum Gasteiger partial charge on any atom is 0.228 e. The summed E-state index contributed by atoms with van der Waals surface area (Å²) in [5, 5.41) is 2.89. The highest BCUT2D eigenvalue weighted by molar-refractivity contribution is 5.97. The van der Waals surface area contributed by atoms with Crippen molar-refractivity contribution in [2.45, 2.75) is 26.7 Å². The zero-order valence-electron chi connectivity index (χ0n) is 13.1. The molecule has 114 valence electrons. The van der Waals surface area contributed by atoms with E-state index < -0.39 is 0 Å². The van der Waals surface area contributed by atoms with Gasteiger partial charge in [0, 0.05) is 11.6 Å². The first kappa shape index (κ1) is 14.8. The smallest absolute Gasteiger partial charge is 0.228 e. The van der Waals surface area contributed by atoms with Crippen molar-refractivity contribution in [2.24, 2.45) is 11.3 Å². The van der Waals surface area contributed by atoms with E-state index >= 15 is 0 Å². The summed E-state index contributed by atoms with van der Waals surface area (Å²) in [6, 6.07) is 14.5. The number of rotatable bonds is 3. The minimum atomic E-state index is -0.337. The molecule has 3 rings (SSSR count). The van der Waals surface area contributed by atoms with E-state index in [0.29, 0.717) is 5.69 Å². The summed E-state index contributed by atoms with van der Waals surface area (Å²) >= 11 is 0. The van der Waals surface area contributed by atoms with Crippen molar-refractivity contribution in [3.63, 3.8) is 0 Å². The molecule has 0 heterocycles. The van der Waals surface area contributed by atoms with E-state index in [2.05, 4.69) is 31.3 Å². The van der Waals surface area contributed by atoms with E-state index in [1.807, 2.05) is 25.1 Å². The largest absolute Gasteiger partial charge is 0.325 e. The SMILES string of the molecule is Cc1ccc(F)cc1NC(=O)[C@H]1C(c2ccccc2)C1(C)C. The van der Waals surface area contributed by atoms with E-state index in [9.17, 15) is 9.18 Å². The van der Waals surface area contributed by atoms with Crippen molar-refractivity contribution in [2.75, 3.05) is 5.32 Å². The average molecular weight is 297 g/mol. The van der Waals surface area contributed by atoms with Crippen LogP contribution in [0.1, 0.15) is 30.9 Å². The molecule has 0 saturated heterocycles. The van der Waals surface area contributed by atoms with Crippen LogP contribution in [0.3, 0.4) is 0 Å². The topological polar surface area (TPSA) is 29.1 Å². The second-order valence-corrected chi connectivity index (χ2v) is 6.64. The summed E-state index contributed by atoms with van der Waals surface area (Å²) in [7, 11) is 0. The number of hydrogen-bond donors (Lipinski definition) is 1. The van der Waals surface area contributed by atoms with Crippen LogP contribution in [0.25, 0.3) is 0 Å². The predicted octanol–water partition coefficient (Wildman–Crippen LogP) is 4.51. The molecule has 0 aliphatic heterocycles. The van der Waals surface area contributed by atoms with Gasteiger partial charge in [-0.05, 0) is 35.6 Å². The molecule has 0 spiro atoms. The highest BCUT2D eigenvalue weighted by atomic mass is 19.1. The van der Waals surface area contributed by atoms with Gasteiger partial charge in [-0.25, -0.2) is 4.39 Å². The fourth-order valence-corrected chi connectivity index (χ4v) is 3.35. The quantitative estimate of drug-likeness (QED) is 0.887. The second-order valence-electron chi connectivity index (χ2n) is 6.64. The molecule has 2 aromatic rings. The van der Waals surface area contributed by atoms with Crippen LogP contribution in [0.2, 0.25) is 0 Å². The lowest BCUT2D eigenvalue weighted by molar-refractivity contribution is -0.118. The Morgan fingerprint density at radius 2 is 1.82 bits per heavy atom. The number of nitrogens with one attached hydrogen (secondary N) is 1. The number of anilines is 1. The van der Waals surface area contributed by atoms with Gasteiger partial charge in [-0.1, -0.05) is 50.2 Å². The third kappa shape index (κ3) is 2.52. The van der Waals surface area contributed by atoms with E-state index in [0.717, 1.165) is 5.56 Å². The lowest BCUT2D eigenvalue weighted by Crippen LogP contribution is -2.17. The zero-order chi connectivity index (χ0) is 15.9. The third-order valence-corrected chi connectivity index (χ3v) is 4.73. The molecule has 1 saturated carbocycles. The molecular weight excluding hydrogens is 277 g/mol. The summed E-state index contributed by atoms with van der Waals surface area (Å²) in [4.78, 5) is 12.6. The Morgan fingerprint density at radius 1 is 1.14 bits per heavy atom. The molecule has 3 heteroatoms. The predicted molar refractivity (Wildman–Crippen MR) is 86.2 cm³/mol. The molecule has 0 aromatic heterocycles. The number of aryl methyl sites for hydroxylation is 1. The molecule has 1 aliphatic carbocycles. The summed E-state index contributed by atoms with van der Waals surface area (Å²) < 4.78 is 13.4. The van der Waals surface area contributed by atoms with Crippen molar-refractivity contribution in [1.29, 1.82) is 0 Å². The van der Waals surface area contributed by atoms with E-state index in [-0.39, 0.29) is 29.0 Å². The van der Waals surface area contributed by atoms with Gasteiger partial charge in [0.1, 0.15) is 5.82 Å². The molecule has 1 amide bonds. The molecular formula is C19H20FNO. The normalized spacial score (nSPS) is 22.2. The molecule has 1 aliphatic rings. The van der Waals surface area contributed by atoms with Crippen molar-refractivity contribution >= 4 is 11.6 Å². The third-order valence-electron chi connectivity index (χ3n) is 4.73. The van der Waals surface area contributed by atoms with Gasteiger partial charge in [0.05, 0.1) is 5.92 Å². The molecule has 0 radical (unpaired) electrons. The Balaban J connectivity index is 1.80. The standard InChI is InChI=1S/C19H20FNO/c1-12-9-10-14(20)11-15(12)21-18(22)17-16(19(17,2)3)13-7-5-4-6-8-13/h4-11,16-17H,1-3H3,(H,21,22)/t16?,17-/m1/s1. The van der Waals surface area contributed by atoms with Crippen molar-refractivity contribution in [3.05, 3.63) is 65.5 Å². The van der Waals surface area contributed by atoms with Crippen LogP contribution in [-0.2, 0) is 4.79 Å². The van der Waals surface area contributed by atoms with Crippen LogP contribution >= 0.6 is 0 Å². The van der Waals surface area contributed by atoms with Crippen molar-refractivity contribution < 1.29 is 9.18 Å². The first-order valence-electron chi connectivity index (χ1n) is 7.53. The van der Waals surface area contributed by atoms with E-state index in [4.69, 9.17) is 0 Å². The Bertz CT molecular complexity index is 709. The fourth-order valence-electron chi connectivity index (χ4n) is 3.35. The van der Waals surface area contributed by atoms with Gasteiger partial charge in [-0.3, -0.25) is 4.79 Å². The monoisotopic (exact) mass is 297 g/mol. The first-order valence-corrected chi connectivity index (χ1v) is 7.53. The zero-order valence-corrected chi connectivity index (χ0v) is 13.1. The number of carbonyl (C=O) groups excluding carboxylic acids is 1. The Labute approximate surface area is 130 Å². The molecule has 1 fully saturated rings. The van der Waals surface area contributed by atoms with Gasteiger partial charge in [-0.15, -0.1) is 0 Å². The second kappa shape index (κ2) is 5.24. The number of carbonyl (C=O) groups is 1. The van der Waals surface area contributed by atoms with Crippen molar-refractivity contribution in [1.82, 2.24) is 0 Å². The lowest BCUT2D eigenvalue weighted by Gasteiger charge is -2.09. The van der Waals surface area contributed by atoms with Gasteiger partial charge in [0.2, 0.25) is 5.91 Å². The lowest BCUT2D eigenvalue weighted by atomic mass is 10.0. The molecule has 2 nitrogen and oxygen atoms in total. The Morgan fingerprint density at radius 3 is 2.50 bits per heavy atom. The maximum absolute atomic E-state index is 13.4. The van der Waals surface area contributed by atoms with Crippen LogP contribution in [0.4, 0.5) is 10.1 Å². The molecule has 2 atom stereocenters. The van der Waals surface area contributed by atoms with E-state index in [1.165, 1.54) is 17.7 Å². The Hall–Kier alpha value is -2.16. The molecule has 0 bridgehead atoms. The van der Waals surface area contributed by atoms with Crippen LogP contribution in [-0.4, -0.2) is 5.91 Å². The van der Waals surface area contributed by atoms with Gasteiger partial charge in [0.25, 0.3) is 0 Å². The molecule has 2 aromatic carbocycles. The summed E-state index contributed by atoms with van der Waals surface area (Å²) in [5.41, 5.74) is 2.53. The van der Waals surface area contributed by atoms with Crippen LogP contribution in [0.15, 0.2) is 48.5 Å². The number of hydrogen-bond acceptors (Lipinski definition) is 1. The molecule has 1 unspecified atom stereocenters. The number of halogens is 1. The number of benzene rings is 2. The van der Waals surface area contributed by atoms with Crippen LogP contribution in [0, 0.1) is 24.1 Å². The van der Waals surface area contributed by atoms with Crippen molar-refractivity contribution in [3.8, 4) is 0 Å². The maximum atomic E-state index is 13.4. The molecule has 22 heavy (non-hydrogen) atoms. The van der Waals surface area contributed by atoms with Crippen LogP contribution in [0.5, 0.6) is 0 Å². The average Bonchev–Trinajstić information content (AvgIpc) is 3.06. The minimum Gasteiger partial charge on any atom is -0.325 e. The highest BCUT2D eigenvalue weighted by Crippen LogP contribution is 2.64. The Kier molecular flexibility index (Phi) is 3.51. The molecule has 1 N–H and O–H groups in total. The summed E-state index contributed by atoms with van der Waals surface area (Å²) in [6.07, 6.45) is 0. The first-order chi connectivity index (χ1) is 10.4. The highest BCUT2D eigenvalue weighted by Gasteiger charge is 2.62. The van der Waals surface area contributed by atoms with Gasteiger partial charge >= 0.3 is 0 Å². The van der Waals surface area contributed by atoms with Gasteiger partial charge < -0.3 is 5.32 Å². The number of amides is 1. The van der Waals surface area contributed by atoms with Gasteiger partial charge in [0.15, 0.2) is 0 Å².